The normalized spacial score (nSPS) is 19.9. The van der Waals surface area contributed by atoms with E-state index < -0.39 is 0 Å². The number of benzene rings is 1. The van der Waals surface area contributed by atoms with Crippen molar-refractivity contribution in [3.05, 3.63) is 54.2 Å². The van der Waals surface area contributed by atoms with Crippen LogP contribution in [0.15, 0.2) is 48.7 Å². The summed E-state index contributed by atoms with van der Waals surface area (Å²) in [6, 6.07) is 13.5. The minimum absolute atomic E-state index is 0.0809. The first-order valence-corrected chi connectivity index (χ1v) is 9.65. The van der Waals surface area contributed by atoms with Crippen molar-refractivity contribution < 1.29 is 19.3 Å². The van der Waals surface area contributed by atoms with Crippen molar-refractivity contribution in [3.8, 4) is 5.75 Å². The first-order valence-electron chi connectivity index (χ1n) is 9.65. The van der Waals surface area contributed by atoms with Gasteiger partial charge < -0.3 is 14.4 Å². The maximum Gasteiger partial charge on any atom is 0.274 e. The average Bonchev–Trinajstić information content (AvgIpc) is 3.27. The van der Waals surface area contributed by atoms with Crippen LogP contribution in [0.5, 0.6) is 5.75 Å². The minimum atomic E-state index is 0.0809. The van der Waals surface area contributed by atoms with Gasteiger partial charge in [0.25, 0.3) is 11.7 Å². The molecule has 1 aromatic carbocycles. The third-order valence-corrected chi connectivity index (χ3v) is 5.16. The number of aromatic amines is 1. The van der Waals surface area contributed by atoms with Gasteiger partial charge in [-0.05, 0) is 43.2 Å². The lowest BCUT2D eigenvalue weighted by Gasteiger charge is -2.31. The topological polar surface area (TPSA) is 56.2 Å². The van der Waals surface area contributed by atoms with E-state index in [9.17, 15) is 4.79 Å². The summed E-state index contributed by atoms with van der Waals surface area (Å²) in [5, 5.41) is 0. The zero-order valence-corrected chi connectivity index (χ0v) is 15.5. The number of anilines is 1. The summed E-state index contributed by atoms with van der Waals surface area (Å²) in [6.07, 6.45) is 4.29. The number of nitrogens with zero attached hydrogens (tertiary/aromatic N) is 2. The van der Waals surface area contributed by atoms with Gasteiger partial charge in [-0.15, -0.1) is 0 Å². The van der Waals surface area contributed by atoms with Crippen molar-refractivity contribution in [1.82, 2.24) is 4.90 Å². The Morgan fingerprint density at radius 1 is 1.11 bits per heavy atom. The van der Waals surface area contributed by atoms with Crippen LogP contribution in [0.25, 0.3) is 0 Å². The number of hydrogen-bond donors (Lipinski definition) is 0. The molecule has 0 radical (unpaired) electrons. The smallest absolute Gasteiger partial charge is 0.274 e. The Morgan fingerprint density at radius 3 is 2.59 bits per heavy atom. The van der Waals surface area contributed by atoms with Crippen LogP contribution < -0.4 is 14.6 Å². The fourth-order valence-electron chi connectivity index (χ4n) is 3.57. The molecule has 6 heteroatoms. The molecule has 142 valence electrons. The molecule has 3 heterocycles. The number of nitrogens with one attached hydrogen (secondary N) is 1. The molecule has 2 aromatic rings. The fourth-order valence-corrected chi connectivity index (χ4v) is 3.57. The van der Waals surface area contributed by atoms with Gasteiger partial charge in [-0.25, -0.2) is 4.98 Å². The SMILES string of the molecule is O=C(c1ccc(OC[C@@H]2CCCO2)cc1)N1CCN(c2cccc[nH+]2)CC1. The van der Waals surface area contributed by atoms with Crippen molar-refractivity contribution in [2.45, 2.75) is 18.9 Å². The highest BCUT2D eigenvalue weighted by atomic mass is 16.5. The van der Waals surface area contributed by atoms with E-state index in [4.69, 9.17) is 9.47 Å². The molecule has 2 saturated heterocycles. The molecule has 1 aromatic heterocycles. The predicted octanol–water partition coefficient (Wildman–Crippen LogP) is 2.02. The van der Waals surface area contributed by atoms with Crippen molar-refractivity contribution in [3.63, 3.8) is 0 Å². The van der Waals surface area contributed by atoms with Crippen molar-refractivity contribution in [2.24, 2.45) is 0 Å². The Bertz CT molecular complexity index is 737. The molecule has 1 N–H and O–H groups in total. The molecule has 2 aliphatic rings. The molecular weight excluding hydrogens is 342 g/mol. The first kappa shape index (κ1) is 17.8. The molecular formula is C21H26N3O3+. The van der Waals surface area contributed by atoms with Crippen LogP contribution in [-0.4, -0.2) is 56.3 Å². The molecule has 0 aliphatic carbocycles. The fraction of sp³-hybridized carbons (Fsp3) is 0.429. The van der Waals surface area contributed by atoms with Crippen LogP contribution in [0.4, 0.5) is 5.82 Å². The Hall–Kier alpha value is -2.60. The molecule has 0 spiro atoms. The molecule has 0 bridgehead atoms. The maximum atomic E-state index is 12.8. The van der Waals surface area contributed by atoms with Gasteiger partial charge in [0.1, 0.15) is 25.4 Å². The van der Waals surface area contributed by atoms with E-state index in [1.165, 1.54) is 0 Å². The quantitative estimate of drug-likeness (QED) is 0.810. The van der Waals surface area contributed by atoms with Gasteiger partial charge >= 0.3 is 0 Å². The first-order chi connectivity index (χ1) is 13.3. The number of pyridine rings is 1. The second-order valence-electron chi connectivity index (χ2n) is 7.00. The highest BCUT2D eigenvalue weighted by Gasteiger charge is 2.26. The lowest BCUT2D eigenvalue weighted by molar-refractivity contribution is -0.364. The zero-order chi connectivity index (χ0) is 18.5. The summed E-state index contributed by atoms with van der Waals surface area (Å²) in [4.78, 5) is 20.2. The van der Waals surface area contributed by atoms with Gasteiger partial charge in [0, 0.05) is 18.2 Å². The van der Waals surface area contributed by atoms with Gasteiger partial charge in [-0.3, -0.25) is 9.69 Å². The lowest BCUT2D eigenvalue weighted by atomic mass is 10.1. The highest BCUT2D eigenvalue weighted by molar-refractivity contribution is 5.94. The highest BCUT2D eigenvalue weighted by Crippen LogP contribution is 2.18. The Balaban J connectivity index is 1.29. The van der Waals surface area contributed by atoms with Gasteiger partial charge in [0.15, 0.2) is 0 Å². The largest absolute Gasteiger partial charge is 0.491 e. The molecule has 0 saturated carbocycles. The molecule has 4 rings (SSSR count). The van der Waals surface area contributed by atoms with Gasteiger partial charge in [-0.1, -0.05) is 6.07 Å². The third-order valence-electron chi connectivity index (χ3n) is 5.16. The lowest BCUT2D eigenvalue weighted by Crippen LogP contribution is -2.50. The Morgan fingerprint density at radius 2 is 1.93 bits per heavy atom. The van der Waals surface area contributed by atoms with E-state index in [0.29, 0.717) is 12.2 Å². The minimum Gasteiger partial charge on any atom is -0.491 e. The summed E-state index contributed by atoms with van der Waals surface area (Å²) in [5.74, 6) is 1.96. The third kappa shape index (κ3) is 4.39. The number of rotatable bonds is 5. The average molecular weight is 368 g/mol. The van der Waals surface area contributed by atoms with Gasteiger partial charge in [-0.2, -0.15) is 0 Å². The number of H-pyrrole nitrogens is 1. The summed E-state index contributed by atoms with van der Waals surface area (Å²) >= 11 is 0. The van der Waals surface area contributed by atoms with Crippen LogP contribution in [0.1, 0.15) is 23.2 Å². The van der Waals surface area contributed by atoms with Crippen molar-refractivity contribution in [2.75, 3.05) is 44.3 Å². The molecule has 2 fully saturated rings. The number of carbonyl (C=O) groups excluding carboxylic acids is 1. The Kier molecular flexibility index (Phi) is 5.53. The van der Waals surface area contributed by atoms with E-state index in [1.807, 2.05) is 47.5 Å². The second-order valence-corrected chi connectivity index (χ2v) is 7.00. The zero-order valence-electron chi connectivity index (χ0n) is 15.5. The van der Waals surface area contributed by atoms with Crippen molar-refractivity contribution >= 4 is 11.7 Å². The van der Waals surface area contributed by atoms with Crippen LogP contribution >= 0.6 is 0 Å². The molecule has 1 atom stereocenters. The van der Waals surface area contributed by atoms with Crippen LogP contribution in [-0.2, 0) is 4.74 Å². The number of carbonyl (C=O) groups is 1. The summed E-state index contributed by atoms with van der Waals surface area (Å²) in [6.45, 7) is 4.50. The summed E-state index contributed by atoms with van der Waals surface area (Å²) in [5.41, 5.74) is 0.708. The van der Waals surface area contributed by atoms with E-state index in [0.717, 1.165) is 57.2 Å². The molecule has 6 nitrogen and oxygen atoms in total. The van der Waals surface area contributed by atoms with Crippen LogP contribution in [0.2, 0.25) is 0 Å². The van der Waals surface area contributed by atoms with Gasteiger partial charge in [0.2, 0.25) is 0 Å². The molecule has 27 heavy (non-hydrogen) atoms. The standard InChI is InChI=1S/C21H25N3O3/c25-21(24-13-11-23(12-14-24)20-5-1-2-10-22-20)17-6-8-18(9-7-17)27-16-19-4-3-15-26-19/h1-2,5-10,19H,3-4,11-16H2/p+1/t19-/m0/s1. The van der Waals surface area contributed by atoms with Crippen molar-refractivity contribution in [1.29, 1.82) is 0 Å². The second kappa shape index (κ2) is 8.39. The maximum absolute atomic E-state index is 12.8. The number of amides is 1. The Labute approximate surface area is 159 Å². The van der Waals surface area contributed by atoms with E-state index in [2.05, 4.69) is 16.0 Å². The molecule has 2 aliphatic heterocycles. The number of piperazine rings is 1. The predicted molar refractivity (Wildman–Crippen MR) is 102 cm³/mol. The van der Waals surface area contributed by atoms with E-state index >= 15 is 0 Å². The van der Waals surface area contributed by atoms with E-state index in [1.54, 1.807) is 0 Å². The number of hydrogen-bond acceptors (Lipinski definition) is 4. The number of ether oxygens (including phenoxy) is 2. The monoisotopic (exact) mass is 368 g/mol. The van der Waals surface area contributed by atoms with Crippen LogP contribution in [0.3, 0.4) is 0 Å². The summed E-state index contributed by atoms with van der Waals surface area (Å²) in [7, 11) is 0. The van der Waals surface area contributed by atoms with Crippen LogP contribution in [0, 0.1) is 0 Å². The molecule has 1 amide bonds. The van der Waals surface area contributed by atoms with E-state index in [-0.39, 0.29) is 12.0 Å². The number of aromatic nitrogens is 1. The molecule has 0 unspecified atom stereocenters. The summed E-state index contributed by atoms with van der Waals surface area (Å²) < 4.78 is 11.3. The van der Waals surface area contributed by atoms with Gasteiger partial charge in [0.05, 0.1) is 25.4 Å².